The quantitative estimate of drug-likeness (QED) is 0.587. The van der Waals surface area contributed by atoms with E-state index in [1.54, 1.807) is 24.4 Å². The molecular formula is C15H10N4O4S. The Labute approximate surface area is 135 Å². The van der Waals surface area contributed by atoms with Gasteiger partial charge < -0.3 is 4.42 Å². The maximum absolute atomic E-state index is 12.5. The zero-order valence-corrected chi connectivity index (χ0v) is 12.9. The van der Waals surface area contributed by atoms with Gasteiger partial charge in [-0.3, -0.25) is 19.7 Å². The first kappa shape index (κ1) is 14.4. The summed E-state index contributed by atoms with van der Waals surface area (Å²) in [5.41, 5.74) is 2.20. The highest BCUT2D eigenvalue weighted by Gasteiger charge is 2.16. The molecule has 0 aliphatic heterocycles. The molecule has 0 bridgehead atoms. The summed E-state index contributed by atoms with van der Waals surface area (Å²) in [7, 11) is -3.84. The number of hydrogen-bond acceptors (Lipinski definition) is 6. The van der Waals surface area contributed by atoms with Crippen molar-refractivity contribution in [3.8, 4) is 0 Å². The number of aromatic amines is 1. The summed E-state index contributed by atoms with van der Waals surface area (Å²) < 4.78 is 32.4. The first-order valence-corrected chi connectivity index (χ1v) is 8.36. The topological polar surface area (TPSA) is 118 Å². The largest absolute Gasteiger partial charge is 0.417 e. The average Bonchev–Trinajstić information content (AvgIpc) is 2.93. The van der Waals surface area contributed by atoms with Gasteiger partial charge in [-0.15, -0.1) is 0 Å². The predicted molar refractivity (Wildman–Crippen MR) is 87.2 cm³/mol. The van der Waals surface area contributed by atoms with E-state index in [2.05, 4.69) is 19.7 Å². The van der Waals surface area contributed by atoms with Crippen LogP contribution < -0.4 is 10.5 Å². The van der Waals surface area contributed by atoms with Gasteiger partial charge in [0, 0.05) is 18.5 Å². The number of fused-ring (bicyclic) bond motifs is 2. The molecule has 120 valence electrons. The number of sulfonamides is 1. The van der Waals surface area contributed by atoms with E-state index in [0.29, 0.717) is 22.2 Å². The van der Waals surface area contributed by atoms with Gasteiger partial charge in [0.2, 0.25) is 0 Å². The fourth-order valence-corrected chi connectivity index (χ4v) is 3.40. The third kappa shape index (κ3) is 2.50. The predicted octanol–water partition coefficient (Wildman–Crippen LogP) is 1.87. The first-order valence-electron chi connectivity index (χ1n) is 6.88. The summed E-state index contributed by atoms with van der Waals surface area (Å²) in [6, 6.07) is 9.01. The van der Waals surface area contributed by atoms with Crippen LogP contribution in [0.4, 0.5) is 5.69 Å². The molecule has 0 aliphatic rings. The van der Waals surface area contributed by atoms with E-state index in [1.807, 2.05) is 0 Å². The van der Waals surface area contributed by atoms with E-state index < -0.39 is 15.8 Å². The monoisotopic (exact) mass is 342 g/mol. The molecule has 0 atom stereocenters. The lowest BCUT2D eigenvalue weighted by Crippen LogP contribution is -2.12. The number of rotatable bonds is 3. The minimum atomic E-state index is -3.84. The van der Waals surface area contributed by atoms with Crippen molar-refractivity contribution in [1.82, 2.24) is 15.0 Å². The number of nitrogens with one attached hydrogen (secondary N) is 2. The van der Waals surface area contributed by atoms with Crippen molar-refractivity contribution in [2.75, 3.05) is 4.72 Å². The maximum Gasteiger partial charge on any atom is 0.417 e. The first-order chi connectivity index (χ1) is 11.5. The summed E-state index contributed by atoms with van der Waals surface area (Å²) in [5.74, 6) is -0.638. The second-order valence-corrected chi connectivity index (χ2v) is 6.72. The van der Waals surface area contributed by atoms with Gasteiger partial charge in [0.15, 0.2) is 5.58 Å². The smallest absolute Gasteiger partial charge is 0.408 e. The molecule has 0 amide bonds. The summed E-state index contributed by atoms with van der Waals surface area (Å²) in [6.07, 6.45) is 3.09. The molecule has 2 aromatic carbocycles. The van der Waals surface area contributed by atoms with Crippen molar-refractivity contribution in [3.05, 3.63) is 59.3 Å². The number of hydrogen-bond donors (Lipinski definition) is 2. The normalized spacial score (nSPS) is 11.8. The number of H-pyrrole nitrogens is 1. The van der Waals surface area contributed by atoms with Crippen LogP contribution >= 0.6 is 0 Å². The molecule has 8 nitrogen and oxygen atoms in total. The van der Waals surface area contributed by atoms with E-state index in [-0.39, 0.29) is 10.5 Å². The highest BCUT2D eigenvalue weighted by Crippen LogP contribution is 2.21. The SMILES string of the molecule is O=c1[nH]c2ccc(S(=O)(=O)Nc3ccc4nccnc4c3)cc2o1. The zero-order valence-electron chi connectivity index (χ0n) is 12.1. The van der Waals surface area contributed by atoms with E-state index >= 15 is 0 Å². The van der Waals surface area contributed by atoms with E-state index in [9.17, 15) is 13.2 Å². The molecule has 0 radical (unpaired) electrons. The van der Waals surface area contributed by atoms with Crippen LogP contribution in [0.3, 0.4) is 0 Å². The Morgan fingerprint density at radius 3 is 2.62 bits per heavy atom. The number of oxazole rings is 1. The van der Waals surface area contributed by atoms with Gasteiger partial charge in [-0.2, -0.15) is 0 Å². The van der Waals surface area contributed by atoms with E-state index in [4.69, 9.17) is 4.42 Å². The van der Waals surface area contributed by atoms with Crippen LogP contribution in [0.1, 0.15) is 0 Å². The Kier molecular flexibility index (Phi) is 3.10. The minimum Gasteiger partial charge on any atom is -0.408 e. The summed E-state index contributed by atoms with van der Waals surface area (Å²) in [5, 5.41) is 0. The van der Waals surface area contributed by atoms with Gasteiger partial charge >= 0.3 is 5.76 Å². The van der Waals surface area contributed by atoms with E-state index in [0.717, 1.165) is 0 Å². The summed E-state index contributed by atoms with van der Waals surface area (Å²) >= 11 is 0. The Balaban J connectivity index is 1.73. The Hall–Kier alpha value is -3.20. The minimum absolute atomic E-state index is 0.0167. The standard InChI is InChI=1S/C15H10N4O4S/c20-15-18-12-4-2-10(8-14(12)23-15)24(21,22)19-9-1-3-11-13(7-9)17-6-5-16-11/h1-8,19H,(H,18,20). The molecule has 4 aromatic rings. The molecule has 0 spiro atoms. The lowest BCUT2D eigenvalue weighted by molar-refractivity contribution is 0.554. The molecule has 2 N–H and O–H groups in total. The molecule has 0 fully saturated rings. The van der Waals surface area contributed by atoms with Gasteiger partial charge in [-0.1, -0.05) is 0 Å². The second kappa shape index (κ2) is 5.17. The molecule has 4 rings (SSSR count). The van der Waals surface area contributed by atoms with Gasteiger partial charge in [0.1, 0.15) is 0 Å². The van der Waals surface area contributed by atoms with Crippen LogP contribution in [-0.4, -0.2) is 23.4 Å². The zero-order chi connectivity index (χ0) is 16.7. The number of anilines is 1. The number of aromatic nitrogens is 3. The van der Waals surface area contributed by atoms with Gasteiger partial charge in [0.05, 0.1) is 27.1 Å². The molecule has 0 aliphatic carbocycles. The van der Waals surface area contributed by atoms with Crippen LogP contribution in [0.25, 0.3) is 22.1 Å². The number of benzene rings is 2. The third-order valence-corrected chi connectivity index (χ3v) is 4.80. The van der Waals surface area contributed by atoms with E-state index in [1.165, 1.54) is 24.4 Å². The fourth-order valence-electron chi connectivity index (χ4n) is 2.33. The molecule has 0 unspecified atom stereocenters. The van der Waals surface area contributed by atoms with Crippen LogP contribution in [0.15, 0.2) is 62.9 Å². The Morgan fingerprint density at radius 1 is 1.00 bits per heavy atom. The van der Waals surface area contributed by atoms with Crippen LogP contribution in [-0.2, 0) is 10.0 Å². The van der Waals surface area contributed by atoms with Gasteiger partial charge in [-0.25, -0.2) is 13.2 Å². The average molecular weight is 342 g/mol. The van der Waals surface area contributed by atoms with Crippen molar-refractivity contribution in [3.63, 3.8) is 0 Å². The fraction of sp³-hybridized carbons (Fsp3) is 0. The van der Waals surface area contributed by atoms with Crippen molar-refractivity contribution >= 4 is 37.8 Å². The lowest BCUT2D eigenvalue weighted by atomic mass is 10.3. The second-order valence-electron chi connectivity index (χ2n) is 5.04. The van der Waals surface area contributed by atoms with Crippen LogP contribution in [0.2, 0.25) is 0 Å². The molecule has 0 saturated carbocycles. The van der Waals surface area contributed by atoms with Crippen molar-refractivity contribution < 1.29 is 12.8 Å². The maximum atomic E-state index is 12.5. The third-order valence-electron chi connectivity index (χ3n) is 3.42. The van der Waals surface area contributed by atoms with Gasteiger partial charge in [-0.05, 0) is 30.3 Å². The van der Waals surface area contributed by atoms with Crippen LogP contribution in [0, 0.1) is 0 Å². The molecule has 2 heterocycles. The van der Waals surface area contributed by atoms with Crippen molar-refractivity contribution in [1.29, 1.82) is 0 Å². The lowest BCUT2D eigenvalue weighted by Gasteiger charge is -2.08. The summed E-state index contributed by atoms with van der Waals surface area (Å²) in [6.45, 7) is 0. The van der Waals surface area contributed by atoms with Crippen LogP contribution in [0.5, 0.6) is 0 Å². The molecule has 2 aromatic heterocycles. The van der Waals surface area contributed by atoms with Crippen molar-refractivity contribution in [2.24, 2.45) is 0 Å². The summed E-state index contributed by atoms with van der Waals surface area (Å²) in [4.78, 5) is 21.9. The van der Waals surface area contributed by atoms with Gasteiger partial charge in [0.25, 0.3) is 10.0 Å². The Morgan fingerprint density at radius 2 is 1.79 bits per heavy atom. The van der Waals surface area contributed by atoms with Crippen molar-refractivity contribution in [2.45, 2.75) is 4.90 Å². The Bertz CT molecular complexity index is 1230. The molecule has 9 heteroatoms. The number of nitrogens with zero attached hydrogens (tertiary/aromatic N) is 2. The molecule has 0 saturated heterocycles. The molecule has 24 heavy (non-hydrogen) atoms. The molecular weight excluding hydrogens is 332 g/mol. The highest BCUT2D eigenvalue weighted by molar-refractivity contribution is 7.92. The highest BCUT2D eigenvalue weighted by atomic mass is 32.2.